The Hall–Kier alpha value is -1.24. The molecule has 0 aromatic heterocycles. The Bertz CT molecular complexity index is 1310. The molecule has 2 N–H and O–H groups in total. The lowest BCUT2D eigenvalue weighted by molar-refractivity contribution is -0.145. The predicted octanol–water partition coefficient (Wildman–Crippen LogP) is 1.22. The monoisotopic (exact) mass is 572 g/mol. The molecule has 6 aliphatic rings. The van der Waals surface area contributed by atoms with E-state index in [0.29, 0.717) is 31.1 Å². The number of sulfonamides is 2. The van der Waals surface area contributed by atoms with Crippen LogP contribution in [0.15, 0.2) is 0 Å². The quantitative estimate of drug-likeness (QED) is 0.500. The minimum atomic E-state index is -3.97. The van der Waals surface area contributed by atoms with Crippen LogP contribution in [0.1, 0.15) is 79.1 Å². The molecule has 2 spiro atoms. The highest BCUT2D eigenvalue weighted by atomic mass is 32.2. The summed E-state index contributed by atoms with van der Waals surface area (Å²) in [5.41, 5.74) is -1.45. The van der Waals surface area contributed by atoms with E-state index in [1.165, 1.54) is 0 Å². The summed E-state index contributed by atoms with van der Waals surface area (Å²) in [5.74, 6) is -1.26. The van der Waals surface area contributed by atoms with Gasteiger partial charge >= 0.3 is 0 Å². The minimum absolute atomic E-state index is 0.0587. The van der Waals surface area contributed by atoms with E-state index in [-0.39, 0.29) is 35.2 Å². The lowest BCUT2D eigenvalue weighted by Gasteiger charge is -2.37. The van der Waals surface area contributed by atoms with Crippen LogP contribution in [0.3, 0.4) is 0 Å². The van der Waals surface area contributed by atoms with Gasteiger partial charge < -0.3 is 10.2 Å². The van der Waals surface area contributed by atoms with Crippen molar-refractivity contribution >= 4 is 31.9 Å². The van der Waals surface area contributed by atoms with Crippen LogP contribution in [0, 0.1) is 33.5 Å². The van der Waals surface area contributed by atoms with Crippen molar-refractivity contribution in [1.29, 1.82) is 0 Å². The highest BCUT2D eigenvalue weighted by Crippen LogP contribution is 2.71. The standard InChI is InChI=1S/C26H40N2O8S2/c1-23(2)15-7-9-25(23)13-37(33,34)27(18(25)11-15)20(30)6-5-17(29)21(31)22(32)28-19-12-16-8-10-26(19,24(16,3)4)14-38(28,35)36/h15-19,21,29,31H,5-14H2,1-4H3/t15-,16-,17+,18-,19-,21-,25-,26-/m1/s1. The number of hydrogen-bond donors (Lipinski definition) is 2. The molecule has 38 heavy (non-hydrogen) atoms. The minimum Gasteiger partial charge on any atom is -0.390 e. The number of fused-ring (bicyclic) bond motifs is 2. The van der Waals surface area contributed by atoms with Crippen LogP contribution in [0.2, 0.25) is 0 Å². The molecule has 0 radical (unpaired) electrons. The number of rotatable bonds is 5. The second-order valence-electron chi connectivity index (χ2n) is 14.1. The summed E-state index contributed by atoms with van der Waals surface area (Å²) in [7, 11) is -7.78. The number of aliphatic hydroxyl groups excluding tert-OH is 2. The van der Waals surface area contributed by atoms with Gasteiger partial charge in [0.1, 0.15) is 0 Å². The van der Waals surface area contributed by atoms with Gasteiger partial charge in [0.25, 0.3) is 5.91 Å². The number of carbonyl (C=O) groups excluding carboxylic acids is 2. The molecule has 4 aliphatic carbocycles. The molecule has 4 saturated carbocycles. The number of hydrogen-bond acceptors (Lipinski definition) is 8. The molecule has 0 aromatic rings. The van der Waals surface area contributed by atoms with Crippen LogP contribution in [0.5, 0.6) is 0 Å². The van der Waals surface area contributed by atoms with Crippen LogP contribution >= 0.6 is 0 Å². The Morgan fingerprint density at radius 2 is 1.26 bits per heavy atom. The molecule has 6 fully saturated rings. The van der Waals surface area contributed by atoms with Gasteiger partial charge in [-0.05, 0) is 67.6 Å². The summed E-state index contributed by atoms with van der Waals surface area (Å²) in [6, 6.07) is -0.936. The molecule has 8 atom stereocenters. The third kappa shape index (κ3) is 3.06. The number of amides is 2. The van der Waals surface area contributed by atoms with Gasteiger partial charge in [-0.2, -0.15) is 0 Å². The second kappa shape index (κ2) is 7.73. The van der Waals surface area contributed by atoms with Gasteiger partial charge in [0, 0.05) is 17.3 Å². The van der Waals surface area contributed by atoms with E-state index < -0.39 is 67.0 Å². The zero-order valence-corrected chi connectivity index (χ0v) is 24.2. The van der Waals surface area contributed by atoms with E-state index in [1.54, 1.807) is 0 Å². The zero-order valence-electron chi connectivity index (χ0n) is 22.6. The van der Waals surface area contributed by atoms with Crippen molar-refractivity contribution in [2.45, 2.75) is 103 Å². The highest BCUT2D eigenvalue weighted by molar-refractivity contribution is 7.90. The molecule has 2 saturated heterocycles. The first-order chi connectivity index (χ1) is 17.4. The predicted molar refractivity (Wildman–Crippen MR) is 137 cm³/mol. The number of nitrogens with zero attached hydrogens (tertiary/aromatic N) is 2. The number of carbonyl (C=O) groups is 2. The summed E-state index contributed by atoms with van der Waals surface area (Å²) in [5, 5.41) is 21.4. The number of aliphatic hydroxyl groups is 2. The van der Waals surface area contributed by atoms with E-state index in [4.69, 9.17) is 0 Å². The molecule has 6 rings (SSSR count). The maximum Gasteiger partial charge on any atom is 0.267 e. The summed E-state index contributed by atoms with van der Waals surface area (Å²) in [4.78, 5) is 26.5. The van der Waals surface area contributed by atoms with Crippen molar-refractivity contribution in [2.75, 3.05) is 11.5 Å². The highest BCUT2D eigenvalue weighted by Gasteiger charge is 2.73. The van der Waals surface area contributed by atoms with Crippen LogP contribution in [0.4, 0.5) is 0 Å². The Morgan fingerprint density at radius 1 is 0.816 bits per heavy atom. The maximum atomic E-state index is 13.3. The lowest BCUT2D eigenvalue weighted by atomic mass is 9.69. The first kappa shape index (κ1) is 27.0. The lowest BCUT2D eigenvalue weighted by Crippen LogP contribution is -2.51. The fourth-order valence-electron chi connectivity index (χ4n) is 10.0. The van der Waals surface area contributed by atoms with Crippen molar-refractivity contribution in [3.63, 3.8) is 0 Å². The van der Waals surface area contributed by atoms with Crippen LogP contribution in [0.25, 0.3) is 0 Å². The molecule has 2 heterocycles. The van der Waals surface area contributed by atoms with Gasteiger partial charge in [0.05, 0.1) is 29.7 Å². The van der Waals surface area contributed by atoms with Gasteiger partial charge in [0.2, 0.25) is 26.0 Å². The maximum absolute atomic E-state index is 13.3. The van der Waals surface area contributed by atoms with Crippen LogP contribution < -0.4 is 0 Å². The smallest absolute Gasteiger partial charge is 0.267 e. The molecule has 10 nitrogen and oxygen atoms in total. The first-order valence-corrected chi connectivity index (χ1v) is 17.1. The Morgan fingerprint density at radius 3 is 1.74 bits per heavy atom. The molecule has 2 amide bonds. The van der Waals surface area contributed by atoms with E-state index in [2.05, 4.69) is 27.7 Å². The molecular formula is C26H40N2O8S2. The van der Waals surface area contributed by atoms with Gasteiger partial charge in [0.15, 0.2) is 6.10 Å². The molecule has 0 unspecified atom stereocenters. The first-order valence-electron chi connectivity index (χ1n) is 13.9. The fraction of sp³-hybridized carbons (Fsp3) is 0.923. The average molecular weight is 573 g/mol. The Labute approximate surface area is 225 Å². The van der Waals surface area contributed by atoms with E-state index in [0.717, 1.165) is 27.9 Å². The molecule has 2 aliphatic heterocycles. The topological polar surface area (TPSA) is 149 Å². The summed E-state index contributed by atoms with van der Waals surface area (Å²) >= 11 is 0. The summed E-state index contributed by atoms with van der Waals surface area (Å²) < 4.78 is 54.3. The largest absolute Gasteiger partial charge is 0.390 e. The average Bonchev–Trinajstić information content (AvgIpc) is 3.50. The van der Waals surface area contributed by atoms with E-state index in [9.17, 15) is 36.6 Å². The van der Waals surface area contributed by atoms with Gasteiger partial charge in [-0.15, -0.1) is 0 Å². The molecule has 214 valence electrons. The van der Waals surface area contributed by atoms with Crippen molar-refractivity contribution in [2.24, 2.45) is 33.5 Å². The molecule has 4 bridgehead atoms. The fourth-order valence-corrected chi connectivity index (χ4v) is 15.2. The van der Waals surface area contributed by atoms with Gasteiger partial charge in [-0.1, -0.05) is 27.7 Å². The summed E-state index contributed by atoms with van der Waals surface area (Å²) in [6.45, 7) is 8.29. The third-order valence-electron chi connectivity index (χ3n) is 12.6. The second-order valence-corrected chi connectivity index (χ2v) is 17.8. The third-order valence-corrected chi connectivity index (χ3v) is 16.4. The van der Waals surface area contributed by atoms with Crippen molar-refractivity contribution in [3.05, 3.63) is 0 Å². The van der Waals surface area contributed by atoms with Crippen LogP contribution in [-0.2, 0) is 29.6 Å². The molecular weight excluding hydrogens is 532 g/mol. The van der Waals surface area contributed by atoms with E-state index in [1.807, 2.05) is 0 Å². The van der Waals surface area contributed by atoms with E-state index >= 15 is 0 Å². The van der Waals surface area contributed by atoms with Crippen molar-refractivity contribution < 1.29 is 36.6 Å². The molecule has 12 heteroatoms. The SMILES string of the molecule is CC1(C)[C@@H]2CC[C@]13CS(=O)(=O)N(C(=O)CC[C@H](O)[C@@H](O)C(=O)N1[C@@H]4C[C@H]5CC[C@]4(CS1(=O)=O)C5(C)C)[C@@H]3C2. The van der Waals surface area contributed by atoms with Gasteiger partial charge in [-0.25, -0.2) is 25.4 Å². The Balaban J connectivity index is 1.15. The zero-order chi connectivity index (χ0) is 27.8. The van der Waals surface area contributed by atoms with Gasteiger partial charge in [-0.3, -0.25) is 9.59 Å². The van der Waals surface area contributed by atoms with Crippen molar-refractivity contribution in [1.82, 2.24) is 8.61 Å². The summed E-state index contributed by atoms with van der Waals surface area (Å²) in [6.07, 6.45) is 0.0936. The molecule has 0 aromatic carbocycles. The Kier molecular flexibility index (Phi) is 5.48. The normalized spacial score (nSPS) is 43.7. The van der Waals surface area contributed by atoms with Crippen LogP contribution in [-0.4, -0.2) is 83.3 Å². The van der Waals surface area contributed by atoms with Crippen molar-refractivity contribution in [3.8, 4) is 0 Å².